The molecule has 2 heteroatoms. The lowest BCUT2D eigenvalue weighted by molar-refractivity contribution is -0.136. The molecule has 1 N–H and O–H groups in total. The van der Waals surface area contributed by atoms with Crippen LogP contribution in [0.1, 0.15) is 19.8 Å². The molecule has 0 saturated carbocycles. The number of ether oxygens (including phenoxy) is 1. The van der Waals surface area contributed by atoms with Crippen molar-refractivity contribution in [3.8, 4) is 0 Å². The number of hydrogen-bond donors (Lipinski definition) is 1. The molecule has 0 radical (unpaired) electrons. The van der Waals surface area contributed by atoms with Crippen LogP contribution in [0.4, 0.5) is 0 Å². The monoisotopic (exact) mass is 116 g/mol. The topological polar surface area (TPSA) is 29.5 Å². The van der Waals surface area contributed by atoms with E-state index in [0.29, 0.717) is 5.92 Å². The van der Waals surface area contributed by atoms with E-state index in [1.54, 1.807) is 0 Å². The van der Waals surface area contributed by atoms with Crippen molar-refractivity contribution in [1.82, 2.24) is 0 Å². The fourth-order valence-corrected chi connectivity index (χ4v) is 0.935. The molecule has 1 rings (SSSR count). The third-order valence-corrected chi connectivity index (χ3v) is 1.52. The Morgan fingerprint density at radius 1 is 1.62 bits per heavy atom. The number of aliphatic hydroxyl groups is 1. The summed E-state index contributed by atoms with van der Waals surface area (Å²) in [6.07, 6.45) is 1.41. The van der Waals surface area contributed by atoms with Crippen LogP contribution in [0.3, 0.4) is 0 Å². The highest BCUT2D eigenvalue weighted by Crippen LogP contribution is 2.16. The second-order valence-corrected chi connectivity index (χ2v) is 2.45. The summed E-state index contributed by atoms with van der Waals surface area (Å²) in [5, 5.41) is 8.86. The van der Waals surface area contributed by atoms with Crippen LogP contribution in [0, 0.1) is 5.92 Å². The van der Waals surface area contributed by atoms with E-state index in [1.807, 2.05) is 0 Å². The van der Waals surface area contributed by atoms with Crippen LogP contribution in [0.5, 0.6) is 0 Å². The number of aliphatic hydroxyl groups excluding tert-OH is 1. The minimum atomic E-state index is -0.487. The first-order chi connectivity index (χ1) is 3.79. The molecule has 0 spiro atoms. The molecule has 2 atom stereocenters. The first-order valence-corrected chi connectivity index (χ1v) is 3.08. The maximum atomic E-state index is 8.86. The molecule has 1 fully saturated rings. The summed E-state index contributed by atoms with van der Waals surface area (Å²) < 4.78 is 4.90. The normalized spacial score (nSPS) is 39.8. The Bertz CT molecular complexity index is 64.9. The Kier molecular flexibility index (Phi) is 1.86. The van der Waals surface area contributed by atoms with Crippen LogP contribution in [0.2, 0.25) is 0 Å². The van der Waals surface area contributed by atoms with Gasteiger partial charge in [-0.05, 0) is 12.3 Å². The summed E-state index contributed by atoms with van der Waals surface area (Å²) in [4.78, 5) is 0. The van der Waals surface area contributed by atoms with Gasteiger partial charge in [0.15, 0.2) is 6.29 Å². The molecule has 0 amide bonds. The van der Waals surface area contributed by atoms with Crippen molar-refractivity contribution in [2.24, 2.45) is 5.92 Å². The van der Waals surface area contributed by atoms with Crippen LogP contribution in [0.15, 0.2) is 0 Å². The fraction of sp³-hybridized carbons (Fsp3) is 1.00. The van der Waals surface area contributed by atoms with Crippen molar-refractivity contribution < 1.29 is 9.84 Å². The zero-order valence-corrected chi connectivity index (χ0v) is 5.13. The highest BCUT2D eigenvalue weighted by Gasteiger charge is 2.15. The van der Waals surface area contributed by atoms with E-state index in [0.717, 1.165) is 19.4 Å². The van der Waals surface area contributed by atoms with Crippen molar-refractivity contribution in [1.29, 1.82) is 0 Å². The molecular formula is C6H12O2. The molecule has 0 aromatic heterocycles. The molecular weight excluding hydrogens is 104 g/mol. The predicted octanol–water partition coefficient (Wildman–Crippen LogP) is 0.751. The molecule has 0 bridgehead atoms. The van der Waals surface area contributed by atoms with E-state index in [4.69, 9.17) is 9.84 Å². The maximum absolute atomic E-state index is 8.86. The summed E-state index contributed by atoms with van der Waals surface area (Å²) in [5.74, 6) is 0.638. The lowest BCUT2D eigenvalue weighted by Crippen LogP contribution is -2.23. The van der Waals surface area contributed by atoms with Gasteiger partial charge in [-0.2, -0.15) is 0 Å². The van der Waals surface area contributed by atoms with Crippen molar-refractivity contribution >= 4 is 0 Å². The van der Waals surface area contributed by atoms with E-state index in [2.05, 4.69) is 6.92 Å². The van der Waals surface area contributed by atoms with Crippen molar-refractivity contribution in [3.05, 3.63) is 0 Å². The largest absolute Gasteiger partial charge is 0.368 e. The van der Waals surface area contributed by atoms with Gasteiger partial charge in [0.25, 0.3) is 0 Å². The third-order valence-electron chi connectivity index (χ3n) is 1.52. The van der Waals surface area contributed by atoms with E-state index >= 15 is 0 Å². The van der Waals surface area contributed by atoms with Crippen molar-refractivity contribution in [2.75, 3.05) is 6.61 Å². The molecule has 2 nitrogen and oxygen atoms in total. The van der Waals surface area contributed by atoms with Gasteiger partial charge in [-0.1, -0.05) is 6.92 Å². The molecule has 1 saturated heterocycles. The molecule has 1 unspecified atom stereocenters. The molecule has 1 aliphatic heterocycles. The van der Waals surface area contributed by atoms with E-state index in [1.165, 1.54) is 0 Å². The Balaban J connectivity index is 2.23. The first kappa shape index (κ1) is 6.05. The highest BCUT2D eigenvalue weighted by molar-refractivity contribution is 4.59. The smallest absolute Gasteiger partial charge is 0.154 e. The van der Waals surface area contributed by atoms with Gasteiger partial charge in [0.05, 0.1) is 0 Å². The Morgan fingerprint density at radius 2 is 2.38 bits per heavy atom. The average molecular weight is 116 g/mol. The van der Waals surface area contributed by atoms with Crippen LogP contribution in [-0.2, 0) is 4.74 Å². The average Bonchev–Trinajstić information content (AvgIpc) is 1.64. The van der Waals surface area contributed by atoms with Gasteiger partial charge in [0.1, 0.15) is 0 Å². The highest BCUT2D eigenvalue weighted by atomic mass is 16.6. The van der Waals surface area contributed by atoms with Crippen LogP contribution < -0.4 is 0 Å². The van der Waals surface area contributed by atoms with Gasteiger partial charge in [0, 0.05) is 13.0 Å². The third kappa shape index (κ3) is 1.46. The van der Waals surface area contributed by atoms with E-state index in [-0.39, 0.29) is 0 Å². The standard InChI is InChI=1S/C6H12O2/c1-5-2-3-8-6(7)4-5/h5-7H,2-4H2,1H3/t5-,6?/m0/s1. The lowest BCUT2D eigenvalue weighted by atomic mass is 10.0. The van der Waals surface area contributed by atoms with Gasteiger partial charge >= 0.3 is 0 Å². The van der Waals surface area contributed by atoms with Crippen LogP contribution in [0.25, 0.3) is 0 Å². The van der Waals surface area contributed by atoms with Crippen LogP contribution in [-0.4, -0.2) is 18.0 Å². The lowest BCUT2D eigenvalue weighted by Gasteiger charge is -2.22. The number of rotatable bonds is 0. The molecule has 1 aliphatic rings. The molecule has 1 heterocycles. The maximum Gasteiger partial charge on any atom is 0.154 e. The number of hydrogen-bond acceptors (Lipinski definition) is 2. The van der Waals surface area contributed by atoms with Crippen molar-refractivity contribution in [2.45, 2.75) is 26.1 Å². The quantitative estimate of drug-likeness (QED) is 0.506. The Labute approximate surface area is 49.5 Å². The summed E-state index contributed by atoms with van der Waals surface area (Å²) in [6, 6.07) is 0. The SMILES string of the molecule is C[C@H]1CCOC(O)C1. The van der Waals surface area contributed by atoms with Crippen molar-refractivity contribution in [3.63, 3.8) is 0 Å². The van der Waals surface area contributed by atoms with E-state index < -0.39 is 6.29 Å². The van der Waals surface area contributed by atoms with Gasteiger partial charge in [-0.25, -0.2) is 0 Å². The minimum absolute atomic E-state index is 0.487. The van der Waals surface area contributed by atoms with Gasteiger partial charge < -0.3 is 9.84 Å². The van der Waals surface area contributed by atoms with Crippen LogP contribution >= 0.6 is 0 Å². The van der Waals surface area contributed by atoms with Gasteiger partial charge in [-0.15, -0.1) is 0 Å². The Morgan fingerprint density at radius 3 is 2.75 bits per heavy atom. The Hall–Kier alpha value is -0.0800. The molecule has 48 valence electrons. The molecule has 8 heavy (non-hydrogen) atoms. The van der Waals surface area contributed by atoms with Gasteiger partial charge in [0.2, 0.25) is 0 Å². The second kappa shape index (κ2) is 2.46. The van der Waals surface area contributed by atoms with E-state index in [9.17, 15) is 0 Å². The molecule has 0 aliphatic carbocycles. The summed E-state index contributed by atoms with van der Waals surface area (Å²) in [6.45, 7) is 2.86. The summed E-state index contributed by atoms with van der Waals surface area (Å²) in [7, 11) is 0. The van der Waals surface area contributed by atoms with Gasteiger partial charge in [-0.3, -0.25) is 0 Å². The first-order valence-electron chi connectivity index (χ1n) is 3.08. The zero-order chi connectivity index (χ0) is 5.98. The fourth-order valence-electron chi connectivity index (χ4n) is 0.935. The second-order valence-electron chi connectivity index (χ2n) is 2.45. The molecule has 0 aromatic carbocycles. The summed E-state index contributed by atoms with van der Waals surface area (Å²) in [5.41, 5.74) is 0. The minimum Gasteiger partial charge on any atom is -0.368 e. The summed E-state index contributed by atoms with van der Waals surface area (Å²) >= 11 is 0. The zero-order valence-electron chi connectivity index (χ0n) is 5.13. The molecule has 0 aromatic rings. The predicted molar refractivity (Wildman–Crippen MR) is 30.4 cm³/mol.